The molecule has 0 saturated carbocycles. The number of halogens is 5. The molecule has 0 aliphatic heterocycles. The molecule has 1 aromatic carbocycles. The molecule has 0 amide bonds. The minimum absolute atomic E-state index is 0.121. The van der Waals surface area contributed by atoms with Crippen molar-refractivity contribution in [1.82, 2.24) is 19.9 Å². The predicted octanol–water partition coefficient (Wildman–Crippen LogP) is 4.23. The molecule has 15 heteroatoms. The highest BCUT2D eigenvalue weighted by molar-refractivity contribution is 7.92. The summed E-state index contributed by atoms with van der Waals surface area (Å²) in [6.45, 7) is 0. The number of ketones is 1. The van der Waals surface area contributed by atoms with Crippen molar-refractivity contribution in [3.8, 4) is 17.1 Å². The molecule has 0 atom stereocenters. The van der Waals surface area contributed by atoms with E-state index in [0.717, 1.165) is 0 Å². The van der Waals surface area contributed by atoms with Crippen LogP contribution in [-0.4, -0.2) is 53.2 Å². The summed E-state index contributed by atoms with van der Waals surface area (Å²) in [5, 5.41) is 0.188. The number of rotatable bonds is 8. The molecule has 0 spiro atoms. The second-order valence-electron chi connectivity index (χ2n) is 7.68. The van der Waals surface area contributed by atoms with E-state index in [2.05, 4.69) is 19.9 Å². The van der Waals surface area contributed by atoms with Crippen molar-refractivity contribution in [2.75, 3.05) is 17.6 Å². The molecule has 2 N–H and O–H groups in total. The van der Waals surface area contributed by atoms with E-state index in [0.29, 0.717) is 23.3 Å². The Morgan fingerprint density at radius 3 is 2.41 bits per heavy atom. The lowest BCUT2D eigenvalue weighted by atomic mass is 10.0. The fraction of sp³-hybridized carbons (Fsp3) is 0.182. The Morgan fingerprint density at radius 1 is 1.08 bits per heavy atom. The van der Waals surface area contributed by atoms with Gasteiger partial charge in [-0.25, -0.2) is 32.2 Å². The van der Waals surface area contributed by atoms with Crippen LogP contribution >= 0.6 is 0 Å². The number of aromatic nitrogens is 4. The van der Waals surface area contributed by atoms with Crippen molar-refractivity contribution in [2.24, 2.45) is 0 Å². The fourth-order valence-electron chi connectivity index (χ4n) is 3.36. The van der Waals surface area contributed by atoms with Gasteiger partial charge in [0.2, 0.25) is 15.8 Å². The standard InChI is InChI=1S/C22H16F5N5O4S/c1-36-21-30-8-12(9-31-21)11-6-13-14(10-29-20(13)28-7-11)19(33)17-15(23)2-3-16(18(17)24)32-37(34,35)5-4-22(25,26)27/h2-3,6-10,32H,4-5H2,1H3,(H,28,29). The average molecular weight is 541 g/mol. The number of carbonyl (C=O) groups excluding carboxylic acids is 1. The smallest absolute Gasteiger partial charge is 0.390 e. The van der Waals surface area contributed by atoms with Crippen LogP contribution < -0.4 is 9.46 Å². The van der Waals surface area contributed by atoms with Crippen molar-refractivity contribution < 1.29 is 39.9 Å². The average Bonchev–Trinajstić information content (AvgIpc) is 3.28. The third-order valence-corrected chi connectivity index (χ3v) is 6.43. The number of carbonyl (C=O) groups is 1. The van der Waals surface area contributed by atoms with Gasteiger partial charge in [0.15, 0.2) is 5.82 Å². The third-order valence-electron chi connectivity index (χ3n) is 5.16. The van der Waals surface area contributed by atoms with E-state index in [9.17, 15) is 30.8 Å². The number of ether oxygens (including phenoxy) is 1. The summed E-state index contributed by atoms with van der Waals surface area (Å²) in [5.41, 5.74) is -0.977. The van der Waals surface area contributed by atoms with Crippen LogP contribution in [0.3, 0.4) is 0 Å². The zero-order valence-electron chi connectivity index (χ0n) is 18.7. The number of aromatic amines is 1. The molecule has 194 valence electrons. The Morgan fingerprint density at radius 2 is 1.76 bits per heavy atom. The number of nitrogens with zero attached hydrogens (tertiary/aromatic N) is 3. The van der Waals surface area contributed by atoms with Gasteiger partial charge in [0.25, 0.3) is 0 Å². The lowest BCUT2D eigenvalue weighted by Gasteiger charge is -2.12. The molecule has 4 aromatic rings. The van der Waals surface area contributed by atoms with Gasteiger partial charge in [0, 0.05) is 46.9 Å². The van der Waals surface area contributed by atoms with Gasteiger partial charge in [-0.05, 0) is 18.2 Å². The molecule has 37 heavy (non-hydrogen) atoms. The maximum atomic E-state index is 15.1. The fourth-order valence-corrected chi connectivity index (χ4v) is 4.46. The number of sulfonamides is 1. The van der Waals surface area contributed by atoms with Crippen LogP contribution in [0.2, 0.25) is 0 Å². The number of nitrogens with one attached hydrogen (secondary N) is 2. The summed E-state index contributed by atoms with van der Waals surface area (Å²) >= 11 is 0. The Balaban J connectivity index is 1.70. The number of H-pyrrole nitrogens is 1. The van der Waals surface area contributed by atoms with Crippen molar-refractivity contribution in [3.05, 3.63) is 65.7 Å². The van der Waals surface area contributed by atoms with E-state index in [1.807, 2.05) is 0 Å². The molecule has 0 aliphatic rings. The molecule has 0 saturated heterocycles. The van der Waals surface area contributed by atoms with Crippen molar-refractivity contribution in [1.29, 1.82) is 0 Å². The largest absolute Gasteiger partial charge is 0.467 e. The molecule has 3 heterocycles. The highest BCUT2D eigenvalue weighted by atomic mass is 32.2. The molecular formula is C22H16F5N5O4S. The van der Waals surface area contributed by atoms with Gasteiger partial charge in [-0.15, -0.1) is 0 Å². The quantitative estimate of drug-likeness (QED) is 0.253. The number of hydrogen-bond acceptors (Lipinski definition) is 7. The van der Waals surface area contributed by atoms with Crippen molar-refractivity contribution >= 4 is 32.5 Å². The molecule has 0 fully saturated rings. The molecule has 0 bridgehead atoms. The van der Waals surface area contributed by atoms with Gasteiger partial charge in [-0.1, -0.05) is 0 Å². The Bertz CT molecular complexity index is 1590. The monoisotopic (exact) mass is 541 g/mol. The minimum Gasteiger partial charge on any atom is -0.467 e. The first-order valence-electron chi connectivity index (χ1n) is 10.3. The van der Waals surface area contributed by atoms with Crippen LogP contribution in [0.15, 0.2) is 43.0 Å². The van der Waals surface area contributed by atoms with Crippen molar-refractivity contribution in [2.45, 2.75) is 12.6 Å². The lowest BCUT2D eigenvalue weighted by Crippen LogP contribution is -2.23. The molecular weight excluding hydrogens is 525 g/mol. The van der Waals surface area contributed by atoms with Crippen LogP contribution in [-0.2, 0) is 10.0 Å². The number of pyridine rings is 1. The number of fused-ring (bicyclic) bond motifs is 1. The van der Waals surface area contributed by atoms with Gasteiger partial charge < -0.3 is 9.72 Å². The van der Waals surface area contributed by atoms with Gasteiger partial charge >= 0.3 is 12.2 Å². The molecule has 0 unspecified atom stereocenters. The first-order chi connectivity index (χ1) is 17.4. The van der Waals surface area contributed by atoms with E-state index in [1.165, 1.54) is 38.0 Å². The third kappa shape index (κ3) is 5.66. The van der Waals surface area contributed by atoms with Gasteiger partial charge in [-0.3, -0.25) is 9.52 Å². The summed E-state index contributed by atoms with van der Waals surface area (Å²) in [6.07, 6.45) is -0.936. The van der Waals surface area contributed by atoms with Gasteiger partial charge in [-0.2, -0.15) is 13.2 Å². The highest BCUT2D eigenvalue weighted by Gasteiger charge is 2.31. The van der Waals surface area contributed by atoms with Crippen LogP contribution in [0.5, 0.6) is 6.01 Å². The van der Waals surface area contributed by atoms with E-state index < -0.39 is 57.0 Å². The molecule has 0 aliphatic carbocycles. The molecule has 0 radical (unpaired) electrons. The van der Waals surface area contributed by atoms with E-state index in [4.69, 9.17) is 4.74 Å². The van der Waals surface area contributed by atoms with Gasteiger partial charge in [0.1, 0.15) is 11.5 Å². The van der Waals surface area contributed by atoms with E-state index in [-0.39, 0.29) is 22.6 Å². The maximum absolute atomic E-state index is 15.1. The normalized spacial score (nSPS) is 12.1. The van der Waals surface area contributed by atoms with Crippen LogP contribution in [0.1, 0.15) is 22.3 Å². The first-order valence-corrected chi connectivity index (χ1v) is 12.0. The molecule has 9 nitrogen and oxygen atoms in total. The Labute approximate surface area is 205 Å². The van der Waals surface area contributed by atoms with Crippen LogP contribution in [0.4, 0.5) is 27.6 Å². The summed E-state index contributed by atoms with van der Waals surface area (Å²) in [7, 11) is -3.27. The topological polar surface area (TPSA) is 127 Å². The van der Waals surface area contributed by atoms with E-state index in [1.54, 1.807) is 4.72 Å². The first kappa shape index (κ1) is 25.9. The summed E-state index contributed by atoms with van der Waals surface area (Å²) in [6, 6.07) is 2.93. The summed E-state index contributed by atoms with van der Waals surface area (Å²) in [4.78, 5) is 28.0. The molecule has 4 rings (SSSR count). The van der Waals surface area contributed by atoms with Crippen molar-refractivity contribution in [3.63, 3.8) is 0 Å². The zero-order valence-corrected chi connectivity index (χ0v) is 19.5. The number of benzene rings is 1. The second kappa shape index (κ2) is 9.72. The highest BCUT2D eigenvalue weighted by Crippen LogP contribution is 2.30. The summed E-state index contributed by atoms with van der Waals surface area (Å²) in [5.74, 6) is -5.42. The molecule has 3 aromatic heterocycles. The Hall–Kier alpha value is -4.14. The maximum Gasteiger partial charge on any atom is 0.390 e. The van der Waals surface area contributed by atoms with Crippen LogP contribution in [0, 0.1) is 11.6 Å². The van der Waals surface area contributed by atoms with Gasteiger partial charge in [0.05, 0.1) is 30.5 Å². The minimum atomic E-state index is -4.77. The SMILES string of the molecule is COc1ncc(-c2cnc3[nH]cc(C(=O)c4c(F)ccc(NS(=O)(=O)CCC(F)(F)F)c4F)c3c2)cn1. The lowest BCUT2D eigenvalue weighted by molar-refractivity contribution is -0.129. The zero-order chi connectivity index (χ0) is 27.0. The number of hydrogen-bond donors (Lipinski definition) is 2. The predicted molar refractivity (Wildman–Crippen MR) is 122 cm³/mol. The number of methoxy groups -OCH3 is 1. The number of anilines is 1. The number of alkyl halides is 3. The summed E-state index contributed by atoms with van der Waals surface area (Å²) < 4.78 is 97.4. The Kier molecular flexibility index (Phi) is 6.82. The van der Waals surface area contributed by atoms with Crippen LogP contribution in [0.25, 0.3) is 22.2 Å². The van der Waals surface area contributed by atoms with E-state index >= 15 is 4.39 Å². The second-order valence-corrected chi connectivity index (χ2v) is 9.52.